The summed E-state index contributed by atoms with van der Waals surface area (Å²) < 4.78 is 0. The lowest BCUT2D eigenvalue weighted by Crippen LogP contribution is -2.03. The van der Waals surface area contributed by atoms with Crippen molar-refractivity contribution in [1.82, 2.24) is 4.98 Å². The first-order chi connectivity index (χ1) is 12.1. The molecule has 1 unspecified atom stereocenters. The fourth-order valence-corrected chi connectivity index (χ4v) is 3.37. The Morgan fingerprint density at radius 1 is 1.04 bits per heavy atom. The molecule has 0 aliphatic carbocycles. The van der Waals surface area contributed by atoms with E-state index in [1.54, 1.807) is 0 Å². The first-order valence-corrected chi connectivity index (χ1v) is 10.3. The zero-order chi connectivity index (χ0) is 18.5. The molecule has 0 saturated heterocycles. The van der Waals surface area contributed by atoms with Crippen LogP contribution in [0.2, 0.25) is 0 Å². The number of aliphatic imine (C=N–C) groups is 1. The second-order valence-electron chi connectivity index (χ2n) is 7.06. The van der Waals surface area contributed by atoms with Crippen LogP contribution < -0.4 is 0 Å². The molecule has 0 fully saturated rings. The maximum Gasteiger partial charge on any atom is 0.0370 e. The quantitative estimate of drug-likeness (QED) is 0.285. The van der Waals surface area contributed by atoms with E-state index in [2.05, 4.69) is 45.7 Å². The molecular weight excluding hydrogens is 304 g/mol. The highest BCUT2D eigenvalue weighted by Crippen LogP contribution is 2.30. The number of nitrogens with zero attached hydrogens (tertiary/aromatic N) is 2. The van der Waals surface area contributed by atoms with Crippen molar-refractivity contribution in [2.45, 2.75) is 98.3 Å². The van der Waals surface area contributed by atoms with Crippen molar-refractivity contribution in [3.63, 3.8) is 0 Å². The third-order valence-corrected chi connectivity index (χ3v) is 4.99. The van der Waals surface area contributed by atoms with Gasteiger partial charge in [0.2, 0.25) is 0 Å². The Morgan fingerprint density at radius 2 is 1.80 bits per heavy atom. The predicted octanol–water partition coefficient (Wildman–Crippen LogP) is 7.47. The van der Waals surface area contributed by atoms with E-state index in [0.717, 1.165) is 25.7 Å². The molecule has 2 nitrogen and oxygen atoms in total. The summed E-state index contributed by atoms with van der Waals surface area (Å²) in [6.07, 6.45) is 15.0. The van der Waals surface area contributed by atoms with Gasteiger partial charge in [-0.05, 0) is 49.8 Å². The first-order valence-electron chi connectivity index (χ1n) is 10.3. The fraction of sp³-hybridized carbons (Fsp3) is 0.652. The Balaban J connectivity index is 2.86. The summed E-state index contributed by atoms with van der Waals surface area (Å²) in [5, 5.41) is 0. The Kier molecular flexibility index (Phi) is 11.1. The van der Waals surface area contributed by atoms with Crippen molar-refractivity contribution >= 4 is 5.71 Å². The molecule has 1 aromatic rings. The minimum absolute atomic E-state index is 0.389. The van der Waals surface area contributed by atoms with Crippen LogP contribution in [0, 0.1) is 0 Å². The number of hydrogen-bond acceptors (Lipinski definition) is 2. The molecule has 1 atom stereocenters. The molecule has 0 aromatic carbocycles. The molecule has 1 rings (SSSR count). The molecule has 0 amide bonds. The van der Waals surface area contributed by atoms with Gasteiger partial charge >= 0.3 is 0 Å². The molecule has 0 saturated carbocycles. The van der Waals surface area contributed by atoms with E-state index in [9.17, 15) is 0 Å². The molecule has 0 radical (unpaired) electrons. The van der Waals surface area contributed by atoms with Gasteiger partial charge in [0.05, 0.1) is 0 Å². The monoisotopic (exact) mass is 342 g/mol. The van der Waals surface area contributed by atoms with Gasteiger partial charge in [0.15, 0.2) is 0 Å². The Bertz CT molecular complexity index is 528. The van der Waals surface area contributed by atoms with Crippen molar-refractivity contribution in [1.29, 1.82) is 0 Å². The third kappa shape index (κ3) is 7.98. The molecule has 0 aliphatic rings. The second-order valence-corrected chi connectivity index (χ2v) is 7.06. The summed E-state index contributed by atoms with van der Waals surface area (Å²) in [4.78, 5) is 9.35. The van der Waals surface area contributed by atoms with Crippen molar-refractivity contribution in [3.05, 3.63) is 41.4 Å². The topological polar surface area (TPSA) is 25.2 Å². The lowest BCUT2D eigenvalue weighted by Gasteiger charge is -2.18. The highest BCUT2D eigenvalue weighted by Gasteiger charge is 2.14. The standard InChI is InChI=1S/C23H38N2/c1-6-9-10-11-12-16-22(8-3)25-20(5)23(14-7-2)19(4)21-15-13-17-24-18-21/h13,15,17-19H,6-12,14,16H2,1-5H3/b23-20-,25-22?. The number of allylic oxidation sites excluding steroid dienone is 2. The van der Waals surface area contributed by atoms with Crippen molar-refractivity contribution in [3.8, 4) is 0 Å². The zero-order valence-corrected chi connectivity index (χ0v) is 17.1. The van der Waals surface area contributed by atoms with E-state index < -0.39 is 0 Å². The van der Waals surface area contributed by atoms with Gasteiger partial charge in [-0.15, -0.1) is 0 Å². The average molecular weight is 343 g/mol. The van der Waals surface area contributed by atoms with Crippen LogP contribution in [0.3, 0.4) is 0 Å². The summed E-state index contributed by atoms with van der Waals surface area (Å²) in [5.41, 5.74) is 5.34. The molecule has 0 bridgehead atoms. The Labute approximate surface area is 155 Å². The smallest absolute Gasteiger partial charge is 0.0370 e. The van der Waals surface area contributed by atoms with Gasteiger partial charge in [0.1, 0.15) is 0 Å². The third-order valence-electron chi connectivity index (χ3n) is 4.99. The van der Waals surface area contributed by atoms with Crippen LogP contribution in [0.1, 0.15) is 104 Å². The van der Waals surface area contributed by atoms with Crippen LogP contribution in [0.15, 0.2) is 40.8 Å². The minimum Gasteiger partial charge on any atom is -0.264 e. The van der Waals surface area contributed by atoms with E-state index >= 15 is 0 Å². The molecule has 2 heteroatoms. The Morgan fingerprint density at radius 3 is 2.40 bits per heavy atom. The van der Waals surface area contributed by atoms with Gasteiger partial charge in [-0.3, -0.25) is 9.98 Å². The summed E-state index contributed by atoms with van der Waals surface area (Å²) in [5.74, 6) is 0.389. The van der Waals surface area contributed by atoms with Crippen LogP contribution in [-0.4, -0.2) is 10.7 Å². The molecule has 0 spiro atoms. The largest absolute Gasteiger partial charge is 0.264 e. The van der Waals surface area contributed by atoms with Gasteiger partial charge in [-0.2, -0.15) is 0 Å². The van der Waals surface area contributed by atoms with Gasteiger partial charge in [0.25, 0.3) is 0 Å². The molecule has 1 heterocycles. The number of pyridine rings is 1. The highest BCUT2D eigenvalue weighted by atomic mass is 14.8. The van der Waals surface area contributed by atoms with E-state index in [4.69, 9.17) is 4.99 Å². The second kappa shape index (κ2) is 12.9. The van der Waals surface area contributed by atoms with Crippen LogP contribution in [0.25, 0.3) is 0 Å². The van der Waals surface area contributed by atoms with Crippen LogP contribution in [-0.2, 0) is 0 Å². The molecule has 1 aromatic heterocycles. The predicted molar refractivity (Wildman–Crippen MR) is 111 cm³/mol. The fourth-order valence-electron chi connectivity index (χ4n) is 3.37. The Hall–Kier alpha value is -1.44. The zero-order valence-electron chi connectivity index (χ0n) is 17.1. The van der Waals surface area contributed by atoms with Gasteiger partial charge in [0, 0.05) is 29.7 Å². The van der Waals surface area contributed by atoms with Crippen molar-refractivity contribution in [2.75, 3.05) is 0 Å². The van der Waals surface area contributed by atoms with E-state index in [-0.39, 0.29) is 0 Å². The molecule has 25 heavy (non-hydrogen) atoms. The lowest BCUT2D eigenvalue weighted by molar-refractivity contribution is 0.641. The van der Waals surface area contributed by atoms with E-state index in [0.29, 0.717) is 5.92 Å². The summed E-state index contributed by atoms with van der Waals surface area (Å²) in [6.45, 7) is 11.2. The SMILES string of the molecule is CCCCCCCC(CC)=N/C(C)=C(/CCC)C(C)c1cccnc1. The van der Waals surface area contributed by atoms with Crippen LogP contribution in [0.5, 0.6) is 0 Å². The summed E-state index contributed by atoms with van der Waals surface area (Å²) in [7, 11) is 0. The lowest BCUT2D eigenvalue weighted by atomic mass is 9.89. The van der Waals surface area contributed by atoms with E-state index in [1.165, 1.54) is 54.6 Å². The maximum absolute atomic E-state index is 5.05. The van der Waals surface area contributed by atoms with Crippen LogP contribution in [0.4, 0.5) is 0 Å². The van der Waals surface area contributed by atoms with Gasteiger partial charge in [-0.1, -0.05) is 65.9 Å². The highest BCUT2D eigenvalue weighted by molar-refractivity contribution is 5.85. The summed E-state index contributed by atoms with van der Waals surface area (Å²) >= 11 is 0. The maximum atomic E-state index is 5.05. The van der Waals surface area contributed by atoms with Crippen molar-refractivity contribution in [2.24, 2.45) is 4.99 Å². The summed E-state index contributed by atoms with van der Waals surface area (Å²) in [6, 6.07) is 4.21. The molecule has 0 N–H and O–H groups in total. The molecular formula is C23H38N2. The van der Waals surface area contributed by atoms with Crippen molar-refractivity contribution < 1.29 is 0 Å². The van der Waals surface area contributed by atoms with E-state index in [1.807, 2.05) is 18.5 Å². The number of hydrogen-bond donors (Lipinski definition) is 0. The molecule has 140 valence electrons. The average Bonchev–Trinajstić information content (AvgIpc) is 2.65. The number of unbranched alkanes of at least 4 members (excludes halogenated alkanes) is 4. The minimum atomic E-state index is 0.389. The normalized spacial score (nSPS) is 14.4. The van der Waals surface area contributed by atoms with Gasteiger partial charge < -0.3 is 0 Å². The molecule has 0 aliphatic heterocycles. The first kappa shape index (κ1) is 21.6. The van der Waals surface area contributed by atoms with Gasteiger partial charge in [-0.25, -0.2) is 0 Å². The number of aromatic nitrogens is 1. The number of rotatable bonds is 12. The van der Waals surface area contributed by atoms with Crippen LogP contribution >= 0.6 is 0 Å².